The zero-order valence-corrected chi connectivity index (χ0v) is 23.9. The van der Waals surface area contributed by atoms with Gasteiger partial charge in [-0.15, -0.1) is 0 Å². The number of benzene rings is 4. The number of halogens is 3. The number of rotatable bonds is 6. The van der Waals surface area contributed by atoms with E-state index < -0.39 is 33.4 Å². The Bertz CT molecular complexity index is 2170. The maximum atomic E-state index is 15.2. The van der Waals surface area contributed by atoms with E-state index in [4.69, 9.17) is 8.83 Å². The van der Waals surface area contributed by atoms with Crippen molar-refractivity contribution in [3.8, 4) is 33.8 Å². The lowest BCUT2D eigenvalue weighted by Gasteiger charge is -2.21. The third-order valence-corrected chi connectivity index (χ3v) is 8.37. The van der Waals surface area contributed by atoms with Gasteiger partial charge in [0.25, 0.3) is 5.91 Å². The highest BCUT2D eigenvalue weighted by molar-refractivity contribution is 7.92. The summed E-state index contributed by atoms with van der Waals surface area (Å²) in [6, 6.07) is 18.1. The number of hydrogen-bond acceptors (Lipinski definition) is 5. The van der Waals surface area contributed by atoms with Crippen LogP contribution in [0.1, 0.15) is 10.4 Å². The molecule has 0 saturated heterocycles. The van der Waals surface area contributed by atoms with Crippen LogP contribution in [0.2, 0.25) is 0 Å². The average molecular weight is 605 g/mol. The molecule has 0 aliphatic rings. The number of anilines is 1. The second-order valence-electron chi connectivity index (χ2n) is 10.0. The van der Waals surface area contributed by atoms with Gasteiger partial charge in [-0.25, -0.2) is 21.6 Å². The molecule has 0 radical (unpaired) electrons. The standard InChI is InChI=1S/C32H23F3N2O5S/c1-36-32(38)30-25-15-24(18-10-19(13-23(35)11-18)28-14-20-12-22(34)8-9-27(20)41-28)26(37(2)43(3,39)40)16-29(25)42-31(30)17-4-6-21(33)7-5-17/h4-16H,1-3H3,(H,36,38). The number of amides is 1. The maximum Gasteiger partial charge on any atom is 0.255 e. The molecule has 0 fully saturated rings. The Hall–Kier alpha value is -5.03. The van der Waals surface area contributed by atoms with Crippen LogP contribution in [0.25, 0.3) is 55.7 Å². The van der Waals surface area contributed by atoms with E-state index in [2.05, 4.69) is 5.32 Å². The van der Waals surface area contributed by atoms with Crippen LogP contribution in [-0.4, -0.2) is 34.7 Å². The van der Waals surface area contributed by atoms with Crippen LogP contribution in [0.15, 0.2) is 87.7 Å². The molecule has 0 unspecified atom stereocenters. The van der Waals surface area contributed by atoms with E-state index in [1.165, 1.54) is 74.8 Å². The van der Waals surface area contributed by atoms with Gasteiger partial charge in [-0.3, -0.25) is 9.10 Å². The topological polar surface area (TPSA) is 92.8 Å². The van der Waals surface area contributed by atoms with Gasteiger partial charge in [0.2, 0.25) is 10.0 Å². The predicted molar refractivity (Wildman–Crippen MR) is 159 cm³/mol. The number of nitrogens with one attached hydrogen (secondary N) is 1. The summed E-state index contributed by atoms with van der Waals surface area (Å²) >= 11 is 0. The quantitative estimate of drug-likeness (QED) is 0.215. The van der Waals surface area contributed by atoms with Gasteiger partial charge < -0.3 is 14.2 Å². The number of carbonyl (C=O) groups excluding carboxylic acids is 1. The molecule has 4 aromatic carbocycles. The van der Waals surface area contributed by atoms with E-state index in [0.29, 0.717) is 27.5 Å². The highest BCUT2D eigenvalue weighted by Gasteiger charge is 2.26. The molecule has 6 rings (SSSR count). The van der Waals surface area contributed by atoms with Gasteiger partial charge in [-0.2, -0.15) is 0 Å². The Morgan fingerprint density at radius 3 is 2.16 bits per heavy atom. The van der Waals surface area contributed by atoms with Crippen molar-refractivity contribution in [3.63, 3.8) is 0 Å². The summed E-state index contributed by atoms with van der Waals surface area (Å²) in [5.41, 5.74) is 2.18. The minimum atomic E-state index is -3.81. The van der Waals surface area contributed by atoms with Crippen molar-refractivity contribution in [1.82, 2.24) is 5.32 Å². The second kappa shape index (κ2) is 10.4. The molecule has 7 nitrogen and oxygen atoms in total. The summed E-state index contributed by atoms with van der Waals surface area (Å²) in [4.78, 5) is 13.1. The molecule has 0 spiro atoms. The van der Waals surface area contributed by atoms with Gasteiger partial charge >= 0.3 is 0 Å². The summed E-state index contributed by atoms with van der Waals surface area (Å²) < 4.78 is 80.9. The van der Waals surface area contributed by atoms with Crippen molar-refractivity contribution in [1.29, 1.82) is 0 Å². The molecule has 2 aromatic heterocycles. The molecular formula is C32H23F3N2O5S. The normalized spacial score (nSPS) is 11.8. The number of fused-ring (bicyclic) bond motifs is 2. The van der Waals surface area contributed by atoms with Crippen LogP contribution >= 0.6 is 0 Å². The molecule has 0 saturated carbocycles. The molecule has 0 atom stereocenters. The first kappa shape index (κ1) is 28.1. The molecule has 1 amide bonds. The van der Waals surface area contributed by atoms with E-state index >= 15 is 4.39 Å². The first-order valence-electron chi connectivity index (χ1n) is 13.0. The molecule has 6 aromatic rings. The third-order valence-electron chi connectivity index (χ3n) is 7.18. The number of nitrogens with zero attached hydrogens (tertiary/aromatic N) is 1. The van der Waals surface area contributed by atoms with Gasteiger partial charge in [0.1, 0.15) is 40.1 Å². The van der Waals surface area contributed by atoms with Gasteiger partial charge in [0, 0.05) is 47.6 Å². The Morgan fingerprint density at radius 2 is 1.47 bits per heavy atom. The average Bonchev–Trinajstić information content (AvgIpc) is 3.56. The van der Waals surface area contributed by atoms with Crippen LogP contribution in [0, 0.1) is 17.5 Å². The minimum Gasteiger partial charge on any atom is -0.456 e. The zero-order valence-electron chi connectivity index (χ0n) is 23.0. The van der Waals surface area contributed by atoms with Crippen molar-refractivity contribution in [3.05, 3.63) is 102 Å². The zero-order chi connectivity index (χ0) is 30.6. The molecule has 0 aliphatic heterocycles. The lowest BCUT2D eigenvalue weighted by atomic mass is 9.96. The summed E-state index contributed by atoms with van der Waals surface area (Å²) in [7, 11) is -1.02. The molecule has 2 heterocycles. The Labute approximate surface area is 244 Å². The second-order valence-corrected chi connectivity index (χ2v) is 12.0. The SMILES string of the molecule is CNC(=O)c1c(-c2ccc(F)cc2)oc2cc(N(C)S(C)(=O)=O)c(-c3cc(F)cc(-c4cc5cc(F)ccc5o4)c3)cc12. The van der Waals surface area contributed by atoms with Gasteiger partial charge in [-0.05, 0) is 78.4 Å². The summed E-state index contributed by atoms with van der Waals surface area (Å²) in [6.07, 6.45) is 1.02. The highest BCUT2D eigenvalue weighted by Crippen LogP contribution is 2.42. The van der Waals surface area contributed by atoms with Crippen LogP contribution in [0.3, 0.4) is 0 Å². The molecule has 218 valence electrons. The predicted octanol–water partition coefficient (Wildman–Crippen LogP) is 7.35. The molecule has 0 aliphatic carbocycles. The fraction of sp³-hybridized carbons (Fsp3) is 0.0938. The van der Waals surface area contributed by atoms with E-state index in [1.807, 2.05) is 0 Å². The largest absolute Gasteiger partial charge is 0.456 e. The van der Waals surface area contributed by atoms with Crippen molar-refractivity contribution in [2.75, 3.05) is 24.7 Å². The molecule has 43 heavy (non-hydrogen) atoms. The van der Waals surface area contributed by atoms with Crippen LogP contribution in [0.5, 0.6) is 0 Å². The van der Waals surface area contributed by atoms with Gasteiger partial charge in [0.15, 0.2) is 0 Å². The van der Waals surface area contributed by atoms with E-state index in [0.717, 1.165) is 10.6 Å². The van der Waals surface area contributed by atoms with E-state index in [9.17, 15) is 22.0 Å². The highest BCUT2D eigenvalue weighted by atomic mass is 32.2. The molecule has 0 bridgehead atoms. The third kappa shape index (κ3) is 5.12. The van der Waals surface area contributed by atoms with Crippen molar-refractivity contribution in [2.45, 2.75) is 0 Å². The molecule has 11 heteroatoms. The van der Waals surface area contributed by atoms with Gasteiger partial charge in [0.05, 0.1) is 17.5 Å². The summed E-state index contributed by atoms with van der Waals surface area (Å²) in [5, 5.41) is 3.39. The van der Waals surface area contributed by atoms with E-state index in [1.54, 1.807) is 18.2 Å². The molecule has 1 N–H and O–H groups in total. The Morgan fingerprint density at radius 1 is 0.767 bits per heavy atom. The fourth-order valence-corrected chi connectivity index (χ4v) is 5.51. The van der Waals surface area contributed by atoms with Crippen molar-refractivity contribution in [2.24, 2.45) is 0 Å². The van der Waals surface area contributed by atoms with Crippen LogP contribution < -0.4 is 9.62 Å². The van der Waals surface area contributed by atoms with Crippen molar-refractivity contribution < 1.29 is 35.2 Å². The Balaban J connectivity index is 1.62. The van der Waals surface area contributed by atoms with Crippen molar-refractivity contribution >= 4 is 43.6 Å². The number of sulfonamides is 1. The summed E-state index contributed by atoms with van der Waals surface area (Å²) in [6.45, 7) is 0. The van der Waals surface area contributed by atoms with Crippen LogP contribution in [0.4, 0.5) is 18.9 Å². The maximum absolute atomic E-state index is 15.2. The van der Waals surface area contributed by atoms with E-state index in [-0.39, 0.29) is 39.5 Å². The number of hydrogen-bond donors (Lipinski definition) is 1. The smallest absolute Gasteiger partial charge is 0.255 e. The summed E-state index contributed by atoms with van der Waals surface area (Å²) in [5.74, 6) is -1.64. The number of furan rings is 2. The van der Waals surface area contributed by atoms with Gasteiger partial charge in [-0.1, -0.05) is 0 Å². The first-order chi connectivity index (χ1) is 20.4. The lowest BCUT2D eigenvalue weighted by Crippen LogP contribution is -2.25. The first-order valence-corrected chi connectivity index (χ1v) is 14.8. The lowest BCUT2D eigenvalue weighted by molar-refractivity contribution is 0.0964. The fourth-order valence-electron chi connectivity index (χ4n) is 5.00. The monoisotopic (exact) mass is 604 g/mol. The minimum absolute atomic E-state index is 0.134. The molecular weight excluding hydrogens is 581 g/mol. The van der Waals surface area contributed by atoms with Crippen LogP contribution in [-0.2, 0) is 10.0 Å². The number of carbonyl (C=O) groups is 1. The Kier molecular flexibility index (Phi) is 6.77.